The van der Waals surface area contributed by atoms with E-state index in [4.69, 9.17) is 0 Å². The van der Waals surface area contributed by atoms with Gasteiger partial charge in [0.05, 0.1) is 17.5 Å². The van der Waals surface area contributed by atoms with Crippen molar-refractivity contribution in [3.63, 3.8) is 0 Å². The van der Waals surface area contributed by atoms with Gasteiger partial charge in [-0.3, -0.25) is 9.48 Å². The summed E-state index contributed by atoms with van der Waals surface area (Å²) in [5.74, 6) is 0.171. The second kappa shape index (κ2) is 4.33. The maximum Gasteiger partial charge on any atom is 0.272 e. The molecule has 0 spiro atoms. The molecule has 1 unspecified atom stereocenters. The molecule has 1 aliphatic carbocycles. The normalized spacial score (nSPS) is 25.4. The molecule has 1 N–H and O–H groups in total. The third kappa shape index (κ3) is 2.65. The first kappa shape index (κ1) is 12.7. The van der Waals surface area contributed by atoms with Crippen LogP contribution in [0.5, 0.6) is 0 Å². The Morgan fingerprint density at radius 3 is 2.74 bits per heavy atom. The molecule has 7 heteroatoms. The number of rotatable bonds is 3. The van der Waals surface area contributed by atoms with E-state index in [1.54, 1.807) is 10.7 Å². The van der Waals surface area contributed by atoms with Crippen LogP contribution < -0.4 is 5.32 Å². The van der Waals surface area contributed by atoms with Crippen LogP contribution in [0.4, 0.5) is 0 Å². The minimum absolute atomic E-state index is 0.124. The lowest BCUT2D eigenvalue weighted by Crippen LogP contribution is -2.26. The number of hydrogen-bond donors (Lipinski definition) is 1. The SMILES string of the molecule is Cc1cc(C(=O)NC2CC2)nn1C1CCS(=O)(=O)C1. The number of hydrogen-bond acceptors (Lipinski definition) is 4. The number of nitrogens with zero attached hydrogens (tertiary/aromatic N) is 2. The summed E-state index contributed by atoms with van der Waals surface area (Å²) in [6, 6.07) is 1.89. The van der Waals surface area contributed by atoms with E-state index in [0.717, 1.165) is 18.5 Å². The standard InChI is InChI=1S/C12H17N3O3S/c1-8-6-11(12(16)13-9-2-3-9)14-15(8)10-4-5-19(17,18)7-10/h6,9-10H,2-5,7H2,1H3,(H,13,16). The molecule has 1 saturated carbocycles. The van der Waals surface area contributed by atoms with Crippen molar-refractivity contribution in [2.75, 3.05) is 11.5 Å². The third-order valence-corrected chi connectivity index (χ3v) is 5.37. The molecule has 1 atom stereocenters. The van der Waals surface area contributed by atoms with Crippen molar-refractivity contribution in [3.8, 4) is 0 Å². The second-order valence-corrected chi connectivity index (χ2v) is 7.65. The smallest absolute Gasteiger partial charge is 0.272 e. The minimum atomic E-state index is -2.94. The van der Waals surface area contributed by atoms with E-state index in [9.17, 15) is 13.2 Å². The maximum absolute atomic E-state index is 11.9. The van der Waals surface area contributed by atoms with Crippen LogP contribution in [0, 0.1) is 6.92 Å². The molecule has 0 bridgehead atoms. The quantitative estimate of drug-likeness (QED) is 0.873. The molecule has 0 radical (unpaired) electrons. The Hall–Kier alpha value is -1.37. The predicted molar refractivity (Wildman–Crippen MR) is 69.8 cm³/mol. The van der Waals surface area contributed by atoms with E-state index in [1.807, 2.05) is 6.92 Å². The fourth-order valence-electron chi connectivity index (χ4n) is 2.42. The highest BCUT2D eigenvalue weighted by molar-refractivity contribution is 7.91. The Morgan fingerprint density at radius 2 is 2.16 bits per heavy atom. The molecule has 6 nitrogen and oxygen atoms in total. The highest BCUT2D eigenvalue weighted by Crippen LogP contribution is 2.25. The zero-order chi connectivity index (χ0) is 13.6. The minimum Gasteiger partial charge on any atom is -0.348 e. The summed E-state index contributed by atoms with van der Waals surface area (Å²) < 4.78 is 24.7. The summed E-state index contributed by atoms with van der Waals surface area (Å²) in [5, 5.41) is 7.16. The molecule has 0 aromatic carbocycles. The van der Waals surface area contributed by atoms with Crippen LogP contribution in [0.25, 0.3) is 0 Å². The number of sulfone groups is 1. The van der Waals surface area contributed by atoms with Crippen LogP contribution in [0.3, 0.4) is 0 Å². The van der Waals surface area contributed by atoms with Crippen molar-refractivity contribution in [2.45, 2.75) is 38.3 Å². The Bertz CT molecular complexity index is 616. The maximum atomic E-state index is 11.9. The Morgan fingerprint density at radius 1 is 1.42 bits per heavy atom. The summed E-state index contributed by atoms with van der Waals surface area (Å²) >= 11 is 0. The summed E-state index contributed by atoms with van der Waals surface area (Å²) in [7, 11) is -2.94. The van der Waals surface area contributed by atoms with E-state index in [2.05, 4.69) is 10.4 Å². The lowest BCUT2D eigenvalue weighted by molar-refractivity contribution is 0.0945. The van der Waals surface area contributed by atoms with Gasteiger partial charge in [0.25, 0.3) is 5.91 Å². The number of carbonyl (C=O) groups is 1. The van der Waals surface area contributed by atoms with Gasteiger partial charge in [-0.2, -0.15) is 5.10 Å². The number of aromatic nitrogens is 2. The van der Waals surface area contributed by atoms with E-state index in [-0.39, 0.29) is 23.5 Å². The van der Waals surface area contributed by atoms with Gasteiger partial charge in [0.2, 0.25) is 0 Å². The van der Waals surface area contributed by atoms with Gasteiger partial charge in [-0.15, -0.1) is 0 Å². The molecule has 2 heterocycles. The van der Waals surface area contributed by atoms with Gasteiger partial charge in [-0.05, 0) is 32.3 Å². The first-order chi connectivity index (χ1) is 8.94. The van der Waals surface area contributed by atoms with Crippen molar-refractivity contribution < 1.29 is 13.2 Å². The highest BCUT2D eigenvalue weighted by Gasteiger charge is 2.31. The fourth-order valence-corrected chi connectivity index (χ4v) is 4.12. The molecule has 3 rings (SSSR count). The number of aryl methyl sites for hydroxylation is 1. The highest BCUT2D eigenvalue weighted by atomic mass is 32.2. The van der Waals surface area contributed by atoms with Crippen LogP contribution in [0.2, 0.25) is 0 Å². The average molecular weight is 283 g/mol. The van der Waals surface area contributed by atoms with Gasteiger partial charge in [0, 0.05) is 11.7 Å². The largest absolute Gasteiger partial charge is 0.348 e. The van der Waals surface area contributed by atoms with Gasteiger partial charge < -0.3 is 5.32 Å². The van der Waals surface area contributed by atoms with Gasteiger partial charge in [-0.25, -0.2) is 8.42 Å². The lowest BCUT2D eigenvalue weighted by atomic mass is 10.2. The molecule has 2 fully saturated rings. The molecule has 1 amide bonds. The zero-order valence-electron chi connectivity index (χ0n) is 10.8. The van der Waals surface area contributed by atoms with E-state index in [0.29, 0.717) is 18.2 Å². The number of carbonyl (C=O) groups excluding carboxylic acids is 1. The molecular formula is C12H17N3O3S. The summed E-state index contributed by atoms with van der Waals surface area (Å²) in [6.07, 6.45) is 2.65. The van der Waals surface area contributed by atoms with Gasteiger partial charge in [0.15, 0.2) is 9.84 Å². The summed E-state index contributed by atoms with van der Waals surface area (Å²) in [4.78, 5) is 11.9. The molecule has 1 saturated heterocycles. The zero-order valence-corrected chi connectivity index (χ0v) is 11.6. The van der Waals surface area contributed by atoms with Crippen LogP contribution in [-0.4, -0.2) is 41.7 Å². The number of nitrogens with one attached hydrogen (secondary N) is 1. The van der Waals surface area contributed by atoms with Crippen molar-refractivity contribution in [1.29, 1.82) is 0 Å². The molecule has 104 valence electrons. The van der Waals surface area contributed by atoms with E-state index >= 15 is 0 Å². The Kier molecular flexibility index (Phi) is 2.88. The van der Waals surface area contributed by atoms with Gasteiger partial charge in [-0.1, -0.05) is 0 Å². The van der Waals surface area contributed by atoms with E-state index in [1.165, 1.54) is 0 Å². The molecule has 1 aromatic rings. The monoisotopic (exact) mass is 283 g/mol. The lowest BCUT2D eigenvalue weighted by Gasteiger charge is -2.10. The van der Waals surface area contributed by atoms with Gasteiger partial charge in [0.1, 0.15) is 5.69 Å². The van der Waals surface area contributed by atoms with Crippen LogP contribution in [0.15, 0.2) is 6.07 Å². The van der Waals surface area contributed by atoms with Crippen LogP contribution in [-0.2, 0) is 9.84 Å². The van der Waals surface area contributed by atoms with Crippen molar-refractivity contribution >= 4 is 15.7 Å². The molecule has 2 aliphatic rings. The average Bonchev–Trinajstić information content (AvgIpc) is 2.94. The number of amides is 1. The van der Waals surface area contributed by atoms with Crippen molar-refractivity contribution in [2.24, 2.45) is 0 Å². The summed E-state index contributed by atoms with van der Waals surface area (Å²) in [6.45, 7) is 1.85. The summed E-state index contributed by atoms with van der Waals surface area (Å²) in [5.41, 5.74) is 1.22. The van der Waals surface area contributed by atoms with E-state index < -0.39 is 9.84 Å². The third-order valence-electron chi connectivity index (χ3n) is 3.62. The van der Waals surface area contributed by atoms with Crippen molar-refractivity contribution in [3.05, 3.63) is 17.5 Å². The first-order valence-corrected chi connectivity index (χ1v) is 8.34. The van der Waals surface area contributed by atoms with Gasteiger partial charge >= 0.3 is 0 Å². The topological polar surface area (TPSA) is 81.1 Å². The van der Waals surface area contributed by atoms with Crippen LogP contribution in [0.1, 0.15) is 41.5 Å². The molecule has 1 aliphatic heterocycles. The Balaban J connectivity index is 1.79. The predicted octanol–water partition coefficient (Wildman–Crippen LogP) is 0.443. The molecule has 19 heavy (non-hydrogen) atoms. The molecular weight excluding hydrogens is 266 g/mol. The molecule has 1 aromatic heterocycles. The van der Waals surface area contributed by atoms with Crippen molar-refractivity contribution in [1.82, 2.24) is 15.1 Å². The van der Waals surface area contributed by atoms with Crippen LogP contribution >= 0.6 is 0 Å². The fraction of sp³-hybridized carbons (Fsp3) is 0.667. The Labute approximate surface area is 112 Å². The second-order valence-electron chi connectivity index (χ2n) is 5.42. The first-order valence-electron chi connectivity index (χ1n) is 6.52.